The van der Waals surface area contributed by atoms with Gasteiger partial charge in [0.2, 0.25) is 0 Å². The lowest BCUT2D eigenvalue weighted by Gasteiger charge is -2.16. The molecule has 0 aliphatic heterocycles. The second kappa shape index (κ2) is 10.9. The average Bonchev–Trinajstić information content (AvgIpc) is 3.18. The molecule has 0 saturated heterocycles. The molecule has 2 aromatic carbocycles. The maximum Gasteiger partial charge on any atom is 0.419 e. The second-order valence-electron chi connectivity index (χ2n) is 8.76. The number of aliphatic carboxylic acids is 1. The number of oxime groups is 1. The number of carboxylic acids is 1. The Morgan fingerprint density at radius 2 is 2.00 bits per heavy atom. The number of rotatable bonds is 10. The molecule has 3 rings (SSSR count). The average molecular weight is 479 g/mol. The Labute approximate surface area is 196 Å². The largest absolute Gasteiger partial charge is 0.493 e. The highest BCUT2D eigenvalue weighted by Crippen LogP contribution is 2.37. The fraction of sp³-hybridized carbons (Fsp3) is 0.440. The van der Waals surface area contributed by atoms with Gasteiger partial charge in [-0.25, -0.2) is 0 Å². The minimum absolute atomic E-state index is 0.00367. The number of benzene rings is 2. The summed E-state index contributed by atoms with van der Waals surface area (Å²) < 4.78 is 45.7. The van der Waals surface area contributed by atoms with E-state index in [4.69, 9.17) is 14.7 Å². The van der Waals surface area contributed by atoms with Crippen molar-refractivity contribution >= 4 is 11.7 Å². The molecule has 34 heavy (non-hydrogen) atoms. The standard InChI is InChI=1S/C25H29F3N2O4/c1-15(2)13-33-23-9-4-17(10-21(23)25(26,27)28)14-34-30-16(3)18-5-7-20-19(11-18)6-8-22(20)29-12-24(31)32/h4-5,7,9-11,15,22,29H,6,8,12-14H2,1-3H3,(H,31,32)/b30-16+. The van der Waals surface area contributed by atoms with Crippen LogP contribution >= 0.6 is 0 Å². The van der Waals surface area contributed by atoms with E-state index in [1.54, 1.807) is 6.92 Å². The van der Waals surface area contributed by atoms with Crippen LogP contribution in [-0.2, 0) is 28.8 Å². The number of nitrogens with zero attached hydrogens (tertiary/aromatic N) is 1. The fourth-order valence-electron chi connectivity index (χ4n) is 3.79. The summed E-state index contributed by atoms with van der Waals surface area (Å²) in [5.74, 6) is -0.989. The molecule has 1 aliphatic carbocycles. The number of halogens is 3. The summed E-state index contributed by atoms with van der Waals surface area (Å²) in [6.07, 6.45) is -2.90. The Morgan fingerprint density at radius 3 is 2.68 bits per heavy atom. The molecule has 0 radical (unpaired) electrons. The molecule has 0 heterocycles. The van der Waals surface area contributed by atoms with E-state index in [9.17, 15) is 18.0 Å². The van der Waals surface area contributed by atoms with Gasteiger partial charge in [-0.2, -0.15) is 13.2 Å². The Hall–Kier alpha value is -3.07. The van der Waals surface area contributed by atoms with Gasteiger partial charge in [-0.3, -0.25) is 4.79 Å². The quantitative estimate of drug-likeness (QED) is 0.356. The molecular formula is C25H29F3N2O4. The summed E-state index contributed by atoms with van der Waals surface area (Å²) in [5.41, 5.74) is 3.12. The lowest BCUT2D eigenvalue weighted by atomic mass is 10.0. The van der Waals surface area contributed by atoms with Crippen molar-refractivity contribution in [2.45, 2.75) is 52.4 Å². The van der Waals surface area contributed by atoms with Crippen LogP contribution in [0.3, 0.4) is 0 Å². The Bertz CT molecular complexity index is 1050. The SMILES string of the molecule is C/C(=N\OCc1ccc(OCC(C)C)c(C(F)(F)F)c1)c1ccc2c(c1)CCC2NCC(=O)O. The normalized spacial score (nSPS) is 16.0. The van der Waals surface area contributed by atoms with Gasteiger partial charge in [0.05, 0.1) is 24.4 Å². The van der Waals surface area contributed by atoms with Crippen molar-refractivity contribution in [3.63, 3.8) is 0 Å². The van der Waals surface area contributed by atoms with E-state index in [0.717, 1.165) is 35.6 Å². The molecule has 0 amide bonds. The minimum Gasteiger partial charge on any atom is -0.493 e. The lowest BCUT2D eigenvalue weighted by molar-refractivity contribution is -0.139. The molecule has 184 valence electrons. The first-order valence-electron chi connectivity index (χ1n) is 11.1. The molecule has 0 spiro atoms. The van der Waals surface area contributed by atoms with E-state index in [2.05, 4.69) is 10.5 Å². The van der Waals surface area contributed by atoms with Crippen molar-refractivity contribution in [1.82, 2.24) is 5.32 Å². The van der Waals surface area contributed by atoms with Crippen LogP contribution in [0.4, 0.5) is 13.2 Å². The van der Waals surface area contributed by atoms with Crippen molar-refractivity contribution in [3.8, 4) is 5.75 Å². The predicted molar refractivity (Wildman–Crippen MR) is 122 cm³/mol. The van der Waals surface area contributed by atoms with Gasteiger partial charge in [-0.15, -0.1) is 0 Å². The van der Waals surface area contributed by atoms with Gasteiger partial charge in [-0.05, 0) is 66.1 Å². The van der Waals surface area contributed by atoms with Gasteiger partial charge < -0.3 is 20.0 Å². The third kappa shape index (κ3) is 6.72. The van der Waals surface area contributed by atoms with Crippen LogP contribution in [0.1, 0.15) is 61.1 Å². The molecule has 2 aromatic rings. The van der Waals surface area contributed by atoms with Crippen LogP contribution in [0, 0.1) is 5.92 Å². The van der Waals surface area contributed by atoms with Gasteiger partial charge in [0.1, 0.15) is 12.4 Å². The molecule has 2 N–H and O–H groups in total. The van der Waals surface area contributed by atoms with Crippen molar-refractivity contribution in [1.29, 1.82) is 0 Å². The molecule has 0 bridgehead atoms. The van der Waals surface area contributed by atoms with E-state index in [1.807, 2.05) is 32.0 Å². The summed E-state index contributed by atoms with van der Waals surface area (Å²) in [5, 5.41) is 16.0. The van der Waals surface area contributed by atoms with E-state index < -0.39 is 17.7 Å². The molecule has 1 unspecified atom stereocenters. The smallest absolute Gasteiger partial charge is 0.419 e. The molecule has 0 aromatic heterocycles. The zero-order chi connectivity index (χ0) is 24.9. The van der Waals surface area contributed by atoms with Crippen LogP contribution in [0.25, 0.3) is 0 Å². The summed E-state index contributed by atoms with van der Waals surface area (Å²) in [6, 6.07) is 9.70. The zero-order valence-electron chi connectivity index (χ0n) is 19.4. The molecular weight excluding hydrogens is 449 g/mol. The zero-order valence-corrected chi connectivity index (χ0v) is 19.4. The van der Waals surface area contributed by atoms with E-state index >= 15 is 0 Å². The number of ether oxygens (including phenoxy) is 1. The highest BCUT2D eigenvalue weighted by molar-refractivity contribution is 5.98. The van der Waals surface area contributed by atoms with E-state index in [0.29, 0.717) is 11.3 Å². The van der Waals surface area contributed by atoms with Gasteiger partial charge in [-0.1, -0.05) is 37.2 Å². The molecule has 9 heteroatoms. The first-order chi connectivity index (χ1) is 16.0. The van der Waals surface area contributed by atoms with Crippen molar-refractivity contribution in [2.75, 3.05) is 13.2 Å². The van der Waals surface area contributed by atoms with Crippen molar-refractivity contribution < 1.29 is 32.6 Å². The molecule has 6 nitrogen and oxygen atoms in total. The molecule has 1 atom stereocenters. The first-order valence-corrected chi connectivity index (χ1v) is 11.1. The van der Waals surface area contributed by atoms with Gasteiger partial charge >= 0.3 is 12.1 Å². The predicted octanol–water partition coefficient (Wildman–Crippen LogP) is 5.34. The Morgan fingerprint density at radius 1 is 1.24 bits per heavy atom. The molecule has 0 fully saturated rings. The first kappa shape index (κ1) is 25.6. The third-order valence-corrected chi connectivity index (χ3v) is 5.49. The van der Waals surface area contributed by atoms with Crippen LogP contribution in [0.5, 0.6) is 5.75 Å². The number of nitrogens with one attached hydrogen (secondary N) is 1. The second-order valence-corrected chi connectivity index (χ2v) is 8.76. The summed E-state index contributed by atoms with van der Waals surface area (Å²) in [7, 11) is 0. The van der Waals surface area contributed by atoms with Crippen LogP contribution < -0.4 is 10.1 Å². The fourth-order valence-corrected chi connectivity index (χ4v) is 3.79. The summed E-state index contributed by atoms with van der Waals surface area (Å²) >= 11 is 0. The Balaban J connectivity index is 1.66. The maximum atomic E-state index is 13.5. The molecule has 1 aliphatic rings. The highest BCUT2D eigenvalue weighted by atomic mass is 19.4. The number of hydrogen-bond donors (Lipinski definition) is 2. The monoisotopic (exact) mass is 478 g/mol. The van der Waals surface area contributed by atoms with Crippen molar-refractivity contribution in [3.05, 3.63) is 64.2 Å². The lowest BCUT2D eigenvalue weighted by Crippen LogP contribution is -2.25. The van der Waals surface area contributed by atoms with Crippen LogP contribution in [-0.4, -0.2) is 29.9 Å². The van der Waals surface area contributed by atoms with Crippen molar-refractivity contribution in [2.24, 2.45) is 11.1 Å². The molecule has 0 saturated carbocycles. The van der Waals surface area contributed by atoms with Crippen LogP contribution in [0.2, 0.25) is 0 Å². The Kier molecular flexibility index (Phi) is 8.19. The van der Waals surface area contributed by atoms with E-state index in [1.165, 1.54) is 12.1 Å². The van der Waals surface area contributed by atoms with Crippen LogP contribution in [0.15, 0.2) is 41.6 Å². The van der Waals surface area contributed by atoms with Gasteiger partial charge in [0, 0.05) is 6.04 Å². The van der Waals surface area contributed by atoms with Gasteiger partial charge in [0.15, 0.2) is 0 Å². The third-order valence-electron chi connectivity index (χ3n) is 5.49. The topological polar surface area (TPSA) is 80.2 Å². The van der Waals surface area contributed by atoms with E-state index in [-0.39, 0.29) is 37.5 Å². The summed E-state index contributed by atoms with van der Waals surface area (Å²) in [4.78, 5) is 16.1. The number of fused-ring (bicyclic) bond motifs is 1. The van der Waals surface area contributed by atoms with Gasteiger partial charge in [0.25, 0.3) is 0 Å². The maximum absolute atomic E-state index is 13.5. The number of carbonyl (C=O) groups is 1. The minimum atomic E-state index is -4.54. The number of hydrogen-bond acceptors (Lipinski definition) is 5. The number of alkyl halides is 3. The number of carboxylic acid groups (broad SMARTS) is 1. The highest BCUT2D eigenvalue weighted by Gasteiger charge is 2.34. The summed E-state index contributed by atoms with van der Waals surface area (Å²) in [6.45, 7) is 5.48. The number of aryl methyl sites for hydroxylation is 1.